The second-order valence-electron chi connectivity index (χ2n) is 5.83. The summed E-state index contributed by atoms with van der Waals surface area (Å²) in [7, 11) is 0. The molecule has 1 aliphatic heterocycles. The normalized spacial score (nSPS) is 13.7. The molecule has 12 heteroatoms. The number of rotatable bonds is 10. The Bertz CT molecular complexity index is 686. The molecule has 2 rings (SSSR count). The number of hydrogen-bond donors (Lipinski definition) is 2. The largest absolute Gasteiger partial charge is 0.454 e. The van der Waals surface area contributed by atoms with E-state index in [2.05, 4.69) is 25.1 Å². The van der Waals surface area contributed by atoms with Crippen molar-refractivity contribution >= 4 is 5.96 Å². The van der Waals surface area contributed by atoms with E-state index in [9.17, 15) is 22.0 Å². The summed E-state index contributed by atoms with van der Waals surface area (Å²) in [4.78, 5) is 4.29. The Balaban J connectivity index is 1.93. The lowest BCUT2D eigenvalue weighted by molar-refractivity contribution is -0.173. The molecule has 0 bridgehead atoms. The van der Waals surface area contributed by atoms with Crippen molar-refractivity contribution in [2.24, 2.45) is 4.99 Å². The van der Waals surface area contributed by atoms with Crippen molar-refractivity contribution in [1.82, 2.24) is 10.6 Å². The number of nitrogens with zero attached hydrogens (tertiary/aromatic N) is 1. The van der Waals surface area contributed by atoms with Gasteiger partial charge in [0.05, 0.1) is 6.54 Å². The molecular weight excluding hydrogens is 405 g/mol. The van der Waals surface area contributed by atoms with Crippen LogP contribution < -0.4 is 24.8 Å². The van der Waals surface area contributed by atoms with Gasteiger partial charge in [0.1, 0.15) is 12.4 Å². The summed E-state index contributed by atoms with van der Waals surface area (Å²) in [5, 5.41) is 5.89. The molecule has 2 N–H and O–H groups in total. The van der Waals surface area contributed by atoms with Crippen LogP contribution in [0.15, 0.2) is 17.1 Å². The molecule has 0 spiro atoms. The van der Waals surface area contributed by atoms with Crippen LogP contribution in [0.2, 0.25) is 0 Å². The molecule has 0 unspecified atom stereocenters. The van der Waals surface area contributed by atoms with E-state index in [0.717, 1.165) is 0 Å². The molecule has 1 heterocycles. The van der Waals surface area contributed by atoms with Crippen molar-refractivity contribution in [2.45, 2.75) is 32.7 Å². The van der Waals surface area contributed by atoms with Crippen molar-refractivity contribution in [1.29, 1.82) is 0 Å². The van der Waals surface area contributed by atoms with Gasteiger partial charge in [0.15, 0.2) is 17.5 Å². The Hall–Kier alpha value is -2.50. The highest BCUT2D eigenvalue weighted by Gasteiger charge is 2.27. The summed E-state index contributed by atoms with van der Waals surface area (Å²) in [6.07, 6.45) is -4.03. The molecule has 7 nitrogen and oxygen atoms in total. The number of hydrogen-bond acceptors (Lipinski definition) is 5. The fourth-order valence-electron chi connectivity index (χ4n) is 2.37. The highest BCUT2D eigenvalue weighted by atomic mass is 19.4. The molecule has 1 aliphatic rings. The molecule has 1 aromatic carbocycles. The van der Waals surface area contributed by atoms with Gasteiger partial charge in [0.2, 0.25) is 6.79 Å². The number of alkyl halides is 5. The third kappa shape index (κ3) is 8.18. The molecule has 0 atom stereocenters. The summed E-state index contributed by atoms with van der Waals surface area (Å²) in [5.41, 5.74) is 0.361. The third-order valence-corrected chi connectivity index (χ3v) is 3.55. The summed E-state index contributed by atoms with van der Waals surface area (Å²) < 4.78 is 80.8. The Morgan fingerprint density at radius 1 is 1.21 bits per heavy atom. The van der Waals surface area contributed by atoms with Crippen LogP contribution in [0, 0.1) is 0 Å². The van der Waals surface area contributed by atoms with Crippen LogP contribution in [-0.2, 0) is 11.3 Å². The van der Waals surface area contributed by atoms with Gasteiger partial charge in [-0.1, -0.05) is 0 Å². The first kappa shape index (κ1) is 22.8. The number of aliphatic imine (C=N–C) groups is 1. The van der Waals surface area contributed by atoms with Gasteiger partial charge in [0.25, 0.3) is 0 Å². The Kier molecular flexibility index (Phi) is 8.55. The molecule has 0 amide bonds. The molecule has 29 heavy (non-hydrogen) atoms. The number of guanidine groups is 1. The van der Waals surface area contributed by atoms with Crippen LogP contribution >= 0.6 is 0 Å². The molecule has 0 fully saturated rings. The van der Waals surface area contributed by atoms with Crippen molar-refractivity contribution < 1.29 is 40.9 Å². The zero-order chi connectivity index (χ0) is 21.3. The standard InChI is InChI=1S/C17H22F5N3O4/c1-2-23-16(24-4-3-5-26-9-17(20,21)22)25-8-11-6-13-14(28-10-27-13)7-12(11)29-15(18)19/h6-7,15H,2-5,8-10H2,1H3,(H2,23,24,25). The van der Waals surface area contributed by atoms with E-state index < -0.39 is 19.4 Å². The smallest absolute Gasteiger partial charge is 0.411 e. The van der Waals surface area contributed by atoms with Gasteiger partial charge in [-0.15, -0.1) is 0 Å². The average Bonchev–Trinajstić information content (AvgIpc) is 3.08. The minimum Gasteiger partial charge on any atom is -0.454 e. The van der Waals surface area contributed by atoms with E-state index in [1.165, 1.54) is 12.1 Å². The lowest BCUT2D eigenvalue weighted by atomic mass is 10.1. The Labute approximate surface area is 164 Å². The zero-order valence-corrected chi connectivity index (χ0v) is 15.7. The summed E-state index contributed by atoms with van der Waals surface area (Å²) in [6.45, 7) is -1.73. The van der Waals surface area contributed by atoms with E-state index in [4.69, 9.17) is 9.47 Å². The quantitative estimate of drug-likeness (QED) is 0.259. The third-order valence-electron chi connectivity index (χ3n) is 3.55. The van der Waals surface area contributed by atoms with Gasteiger partial charge >= 0.3 is 12.8 Å². The lowest BCUT2D eigenvalue weighted by Gasteiger charge is -2.13. The molecule has 164 valence electrons. The van der Waals surface area contributed by atoms with Gasteiger partial charge < -0.3 is 29.6 Å². The summed E-state index contributed by atoms with van der Waals surface area (Å²) in [5.74, 6) is 0.988. The van der Waals surface area contributed by atoms with E-state index in [1.54, 1.807) is 0 Å². The molecule has 1 aromatic rings. The first-order valence-corrected chi connectivity index (χ1v) is 8.82. The van der Waals surface area contributed by atoms with E-state index in [1.807, 2.05) is 6.92 Å². The average molecular weight is 427 g/mol. The van der Waals surface area contributed by atoms with Gasteiger partial charge in [-0.25, -0.2) is 4.99 Å². The molecule has 0 saturated heterocycles. The van der Waals surface area contributed by atoms with Crippen molar-refractivity contribution in [3.63, 3.8) is 0 Å². The van der Waals surface area contributed by atoms with Crippen LogP contribution in [0.4, 0.5) is 22.0 Å². The van der Waals surface area contributed by atoms with Crippen LogP contribution in [0.25, 0.3) is 0 Å². The van der Waals surface area contributed by atoms with Crippen molar-refractivity contribution in [2.75, 3.05) is 33.1 Å². The molecular formula is C17H22F5N3O4. The maximum atomic E-state index is 12.7. The Morgan fingerprint density at radius 2 is 1.93 bits per heavy atom. The molecule has 0 saturated carbocycles. The van der Waals surface area contributed by atoms with Crippen LogP contribution in [0.3, 0.4) is 0 Å². The fourth-order valence-corrected chi connectivity index (χ4v) is 2.37. The van der Waals surface area contributed by atoms with Gasteiger partial charge in [-0.05, 0) is 19.4 Å². The number of halogens is 5. The van der Waals surface area contributed by atoms with Gasteiger partial charge in [-0.3, -0.25) is 0 Å². The second-order valence-corrected chi connectivity index (χ2v) is 5.83. The second kappa shape index (κ2) is 10.9. The first-order valence-electron chi connectivity index (χ1n) is 8.82. The number of fused-ring (bicyclic) bond motifs is 1. The van der Waals surface area contributed by atoms with Crippen molar-refractivity contribution in [3.05, 3.63) is 17.7 Å². The fraction of sp³-hybridized carbons (Fsp3) is 0.588. The zero-order valence-electron chi connectivity index (χ0n) is 15.7. The van der Waals surface area contributed by atoms with Crippen LogP contribution in [0.5, 0.6) is 17.2 Å². The van der Waals surface area contributed by atoms with Gasteiger partial charge in [-0.2, -0.15) is 22.0 Å². The van der Waals surface area contributed by atoms with E-state index in [0.29, 0.717) is 42.5 Å². The van der Waals surface area contributed by atoms with E-state index >= 15 is 0 Å². The van der Waals surface area contributed by atoms with Crippen LogP contribution in [0.1, 0.15) is 18.9 Å². The summed E-state index contributed by atoms with van der Waals surface area (Å²) >= 11 is 0. The lowest BCUT2D eigenvalue weighted by Crippen LogP contribution is -2.38. The predicted molar refractivity (Wildman–Crippen MR) is 93.5 cm³/mol. The molecule has 0 radical (unpaired) electrons. The SMILES string of the molecule is CCNC(=NCc1cc2c(cc1OC(F)F)OCO2)NCCCOCC(F)(F)F. The predicted octanol–water partition coefficient (Wildman–Crippen LogP) is 3.04. The van der Waals surface area contributed by atoms with Crippen LogP contribution in [-0.4, -0.2) is 51.8 Å². The first-order chi connectivity index (χ1) is 13.8. The number of benzene rings is 1. The van der Waals surface area contributed by atoms with Gasteiger partial charge in [0, 0.05) is 31.3 Å². The highest BCUT2D eigenvalue weighted by molar-refractivity contribution is 5.79. The maximum absolute atomic E-state index is 12.7. The van der Waals surface area contributed by atoms with Crippen molar-refractivity contribution in [3.8, 4) is 17.2 Å². The molecule has 0 aliphatic carbocycles. The number of nitrogens with one attached hydrogen (secondary N) is 2. The topological polar surface area (TPSA) is 73.3 Å². The maximum Gasteiger partial charge on any atom is 0.411 e. The Morgan fingerprint density at radius 3 is 2.59 bits per heavy atom. The number of ether oxygens (including phenoxy) is 4. The highest BCUT2D eigenvalue weighted by Crippen LogP contribution is 2.39. The summed E-state index contributed by atoms with van der Waals surface area (Å²) in [6, 6.07) is 2.83. The molecule has 0 aromatic heterocycles. The minimum absolute atomic E-state index is 0.00139. The van der Waals surface area contributed by atoms with E-state index in [-0.39, 0.29) is 25.7 Å². The monoisotopic (exact) mass is 427 g/mol. The minimum atomic E-state index is -4.35.